The molecule has 6 heteroatoms. The van der Waals surface area contributed by atoms with Crippen LogP contribution in [0.5, 0.6) is 0 Å². The van der Waals surface area contributed by atoms with Gasteiger partial charge in [0.2, 0.25) is 0 Å². The van der Waals surface area contributed by atoms with Gasteiger partial charge in [0.05, 0.1) is 19.4 Å². The lowest BCUT2D eigenvalue weighted by atomic mass is 10.5. The van der Waals surface area contributed by atoms with E-state index in [1.54, 1.807) is 0 Å². The van der Waals surface area contributed by atoms with Gasteiger partial charge in [-0.05, 0) is 6.42 Å². The smallest absolute Gasteiger partial charge is 0.325 e. The molecular weight excluding hydrogens is 171 g/mol. The van der Waals surface area contributed by atoms with Crippen LogP contribution >= 0.6 is 7.60 Å². The van der Waals surface area contributed by atoms with Gasteiger partial charge in [0, 0.05) is 6.61 Å². The molecule has 0 heterocycles. The van der Waals surface area contributed by atoms with Gasteiger partial charge in [0.15, 0.2) is 0 Å². The molecule has 0 aromatic heterocycles. The Balaban J connectivity index is 3.09. The van der Waals surface area contributed by atoms with E-state index in [0.717, 1.165) is 0 Å². The lowest BCUT2D eigenvalue weighted by molar-refractivity contribution is 0.0925. The number of rotatable bonds is 6. The van der Waals surface area contributed by atoms with E-state index in [4.69, 9.17) is 19.6 Å². The van der Waals surface area contributed by atoms with Crippen LogP contribution < -0.4 is 0 Å². The number of hydrogen-bond acceptors (Lipinski definition) is 3. The summed E-state index contributed by atoms with van der Waals surface area (Å²) in [6.45, 7) is 0.447. The molecule has 0 aromatic rings. The maximum absolute atomic E-state index is 10.3. The number of aliphatic hydroxyl groups is 1. The van der Waals surface area contributed by atoms with Crippen molar-refractivity contribution < 1.29 is 24.2 Å². The van der Waals surface area contributed by atoms with Crippen molar-refractivity contribution in [3.8, 4) is 0 Å². The van der Waals surface area contributed by atoms with Crippen molar-refractivity contribution in [1.29, 1.82) is 0 Å². The zero-order chi connectivity index (χ0) is 8.74. The monoisotopic (exact) mass is 184 g/mol. The molecule has 0 saturated carbocycles. The van der Waals surface area contributed by atoms with E-state index in [0.29, 0.717) is 6.42 Å². The highest BCUT2D eigenvalue weighted by atomic mass is 31.2. The third kappa shape index (κ3) is 10.1. The van der Waals surface area contributed by atoms with E-state index in [2.05, 4.69) is 0 Å². The summed E-state index contributed by atoms with van der Waals surface area (Å²) in [5, 5.41) is 8.25. The van der Waals surface area contributed by atoms with E-state index in [1.807, 2.05) is 0 Å². The van der Waals surface area contributed by atoms with Gasteiger partial charge in [0.1, 0.15) is 0 Å². The van der Waals surface area contributed by atoms with Gasteiger partial charge in [-0.15, -0.1) is 0 Å². The Morgan fingerprint density at radius 1 is 1.27 bits per heavy atom. The molecule has 3 N–H and O–H groups in total. The van der Waals surface area contributed by atoms with Crippen LogP contribution in [0.4, 0.5) is 0 Å². The molecule has 0 aliphatic rings. The van der Waals surface area contributed by atoms with Crippen LogP contribution in [0.3, 0.4) is 0 Å². The van der Waals surface area contributed by atoms with E-state index >= 15 is 0 Å². The van der Waals surface area contributed by atoms with Crippen LogP contribution in [-0.2, 0) is 9.30 Å². The SMILES string of the molecule is O=P(O)(O)CCCOCCO. The van der Waals surface area contributed by atoms with Crippen LogP contribution in [0.15, 0.2) is 0 Å². The predicted octanol–water partition coefficient (Wildman–Crippen LogP) is -0.437. The minimum atomic E-state index is -3.86. The van der Waals surface area contributed by atoms with Crippen molar-refractivity contribution in [3.05, 3.63) is 0 Å². The third-order valence-corrected chi connectivity index (χ3v) is 1.87. The predicted molar refractivity (Wildman–Crippen MR) is 39.4 cm³/mol. The van der Waals surface area contributed by atoms with Crippen molar-refractivity contribution in [3.63, 3.8) is 0 Å². The number of aliphatic hydroxyl groups excluding tert-OH is 1. The second-order valence-electron chi connectivity index (χ2n) is 2.08. The summed E-state index contributed by atoms with van der Waals surface area (Å²) in [6.07, 6.45) is 0.169. The van der Waals surface area contributed by atoms with E-state index in [9.17, 15) is 4.57 Å². The molecule has 0 aliphatic heterocycles. The first-order valence-corrected chi connectivity index (χ1v) is 5.09. The van der Waals surface area contributed by atoms with Crippen molar-refractivity contribution in [2.24, 2.45) is 0 Å². The minimum Gasteiger partial charge on any atom is -0.394 e. The summed E-state index contributed by atoms with van der Waals surface area (Å²) in [4.78, 5) is 16.8. The maximum Gasteiger partial charge on any atom is 0.325 e. The molecule has 11 heavy (non-hydrogen) atoms. The van der Waals surface area contributed by atoms with Gasteiger partial charge < -0.3 is 19.6 Å². The highest BCUT2D eigenvalue weighted by Crippen LogP contribution is 2.34. The summed E-state index contributed by atoms with van der Waals surface area (Å²) in [6, 6.07) is 0. The highest BCUT2D eigenvalue weighted by Gasteiger charge is 2.10. The Bertz CT molecular complexity index is 131. The summed E-state index contributed by atoms with van der Waals surface area (Å²) in [5.41, 5.74) is 0. The lowest BCUT2D eigenvalue weighted by Gasteiger charge is -2.03. The van der Waals surface area contributed by atoms with Gasteiger partial charge >= 0.3 is 7.60 Å². The Hall–Kier alpha value is 0.0700. The molecule has 0 saturated heterocycles. The normalized spacial score (nSPS) is 11.9. The molecule has 0 amide bonds. The molecule has 0 radical (unpaired) electrons. The fraction of sp³-hybridized carbons (Fsp3) is 1.00. The topological polar surface area (TPSA) is 87.0 Å². The molecule has 0 rings (SSSR count). The standard InChI is InChI=1S/C5H13O5P/c6-2-4-10-3-1-5-11(7,8)9/h6H,1-5H2,(H2,7,8,9). The Kier molecular flexibility index (Phi) is 5.72. The Labute approximate surface area is 65.2 Å². The van der Waals surface area contributed by atoms with Crippen LogP contribution in [0.25, 0.3) is 0 Å². The summed E-state index contributed by atoms with van der Waals surface area (Å²) >= 11 is 0. The fourth-order valence-corrected chi connectivity index (χ4v) is 1.08. The van der Waals surface area contributed by atoms with Gasteiger partial charge in [-0.2, -0.15) is 0 Å². The van der Waals surface area contributed by atoms with Crippen LogP contribution in [-0.4, -0.2) is 40.9 Å². The second-order valence-corrected chi connectivity index (χ2v) is 3.85. The minimum absolute atomic E-state index is 0.0596. The molecule has 5 nitrogen and oxygen atoms in total. The van der Waals surface area contributed by atoms with Crippen molar-refractivity contribution in [2.45, 2.75) is 6.42 Å². The van der Waals surface area contributed by atoms with Gasteiger partial charge in [-0.25, -0.2) is 0 Å². The van der Waals surface area contributed by atoms with Crippen molar-refractivity contribution in [1.82, 2.24) is 0 Å². The van der Waals surface area contributed by atoms with E-state index < -0.39 is 7.60 Å². The van der Waals surface area contributed by atoms with Gasteiger partial charge in [-0.1, -0.05) is 0 Å². The van der Waals surface area contributed by atoms with Crippen molar-refractivity contribution in [2.75, 3.05) is 26.0 Å². The molecule has 68 valence electrons. The lowest BCUT2D eigenvalue weighted by Crippen LogP contribution is -2.02. The Morgan fingerprint density at radius 2 is 1.91 bits per heavy atom. The second kappa shape index (κ2) is 5.69. The molecule has 0 unspecified atom stereocenters. The molecule has 0 fully saturated rings. The average molecular weight is 184 g/mol. The molecule has 0 aliphatic carbocycles. The van der Waals surface area contributed by atoms with Crippen LogP contribution in [0.2, 0.25) is 0 Å². The zero-order valence-electron chi connectivity index (χ0n) is 6.14. The Morgan fingerprint density at radius 3 is 2.36 bits per heavy atom. The fourth-order valence-electron chi connectivity index (χ4n) is 0.539. The van der Waals surface area contributed by atoms with Crippen molar-refractivity contribution >= 4 is 7.60 Å². The van der Waals surface area contributed by atoms with Crippen LogP contribution in [0.1, 0.15) is 6.42 Å². The molecular formula is C5H13O5P. The first-order chi connectivity index (χ1) is 5.06. The van der Waals surface area contributed by atoms with E-state index in [-0.39, 0.29) is 26.0 Å². The molecule has 0 aromatic carbocycles. The number of ether oxygens (including phenoxy) is 1. The summed E-state index contributed by atoms with van der Waals surface area (Å²) in [7, 11) is -3.86. The number of hydrogen-bond donors (Lipinski definition) is 3. The summed E-state index contributed by atoms with van der Waals surface area (Å²) < 4.78 is 15.0. The quantitative estimate of drug-likeness (QED) is 0.385. The highest BCUT2D eigenvalue weighted by molar-refractivity contribution is 7.51. The largest absolute Gasteiger partial charge is 0.394 e. The third-order valence-electron chi connectivity index (χ3n) is 0.974. The van der Waals surface area contributed by atoms with Crippen LogP contribution in [0, 0.1) is 0 Å². The average Bonchev–Trinajstić information content (AvgIpc) is 1.85. The van der Waals surface area contributed by atoms with Gasteiger partial charge in [-0.3, -0.25) is 4.57 Å². The zero-order valence-corrected chi connectivity index (χ0v) is 7.04. The van der Waals surface area contributed by atoms with E-state index in [1.165, 1.54) is 0 Å². The molecule has 0 spiro atoms. The van der Waals surface area contributed by atoms with Gasteiger partial charge in [0.25, 0.3) is 0 Å². The first kappa shape index (κ1) is 11.1. The molecule has 0 atom stereocenters. The molecule has 0 bridgehead atoms. The first-order valence-electron chi connectivity index (χ1n) is 3.29. The maximum atomic E-state index is 10.3. The summed E-state index contributed by atoms with van der Waals surface area (Å²) in [5.74, 6) is 0.